The Bertz CT molecular complexity index is 1760. The molecule has 0 spiro atoms. The van der Waals surface area contributed by atoms with Crippen molar-refractivity contribution in [2.75, 3.05) is 33.4 Å². The van der Waals surface area contributed by atoms with E-state index in [1.807, 2.05) is 31.2 Å². The molecule has 0 aliphatic carbocycles. The average molecular weight is 623 g/mol. The quantitative estimate of drug-likeness (QED) is 0.268. The Morgan fingerprint density at radius 3 is 2.57 bits per heavy atom. The number of methoxy groups -OCH3 is 1. The smallest absolute Gasteiger partial charge is 0.333 e. The van der Waals surface area contributed by atoms with Crippen LogP contribution in [0.1, 0.15) is 56.8 Å². The van der Waals surface area contributed by atoms with Crippen LogP contribution in [0.4, 0.5) is 0 Å². The van der Waals surface area contributed by atoms with Crippen LogP contribution < -0.4 is 16.0 Å². The van der Waals surface area contributed by atoms with Crippen molar-refractivity contribution in [1.82, 2.24) is 19.0 Å². The van der Waals surface area contributed by atoms with Gasteiger partial charge < -0.3 is 23.5 Å². The lowest BCUT2D eigenvalue weighted by Crippen LogP contribution is -2.56. The van der Waals surface area contributed by atoms with Crippen molar-refractivity contribution in [3.8, 4) is 16.5 Å². The third-order valence-electron chi connectivity index (χ3n) is 8.67. The molecule has 0 bridgehead atoms. The van der Waals surface area contributed by atoms with Gasteiger partial charge in [-0.3, -0.25) is 14.2 Å². The maximum absolute atomic E-state index is 14.6. The Labute approximate surface area is 259 Å². The van der Waals surface area contributed by atoms with E-state index in [0.717, 1.165) is 35.8 Å². The fourth-order valence-corrected chi connectivity index (χ4v) is 7.54. The number of para-hydroxylation sites is 1. The van der Waals surface area contributed by atoms with E-state index in [0.29, 0.717) is 58.6 Å². The number of aromatic nitrogens is 3. The number of likely N-dealkylation sites (tertiary alicyclic amines) is 1. The zero-order valence-corrected chi connectivity index (χ0v) is 26.4. The molecule has 6 rings (SSSR count). The van der Waals surface area contributed by atoms with Gasteiger partial charge in [0.1, 0.15) is 28.5 Å². The highest BCUT2D eigenvalue weighted by molar-refractivity contribution is 7.22. The molecular formula is C32H38N4O7S. The molecule has 0 radical (unpaired) electrons. The second-order valence-electron chi connectivity index (χ2n) is 11.8. The lowest BCUT2D eigenvalue weighted by molar-refractivity contribution is -0.138. The largest absolute Gasteiger partial charge is 0.496 e. The van der Waals surface area contributed by atoms with Gasteiger partial charge in [0.05, 0.1) is 36.2 Å². The zero-order chi connectivity index (χ0) is 31.0. The maximum atomic E-state index is 14.6. The molecule has 3 aromatic heterocycles. The molecule has 1 amide bonds. The summed E-state index contributed by atoms with van der Waals surface area (Å²) in [7, 11) is 1.60. The lowest BCUT2D eigenvalue weighted by Gasteiger charge is -2.32. The summed E-state index contributed by atoms with van der Waals surface area (Å²) in [5, 5.41) is 0.356. The van der Waals surface area contributed by atoms with Crippen LogP contribution in [-0.4, -0.2) is 64.4 Å². The van der Waals surface area contributed by atoms with Crippen LogP contribution in [0.2, 0.25) is 0 Å². The number of oxazole rings is 1. The molecule has 2 saturated heterocycles. The highest BCUT2D eigenvalue weighted by Gasteiger charge is 2.39. The minimum atomic E-state index is -1.42. The number of hydrogen-bond acceptors (Lipinski definition) is 9. The zero-order valence-electron chi connectivity index (χ0n) is 25.5. The first-order chi connectivity index (χ1) is 21.2. The number of amides is 1. The molecule has 12 heteroatoms. The molecule has 11 nitrogen and oxygen atoms in total. The predicted molar refractivity (Wildman–Crippen MR) is 166 cm³/mol. The first-order valence-corrected chi connectivity index (χ1v) is 15.9. The van der Waals surface area contributed by atoms with Crippen LogP contribution in [0.15, 0.2) is 50.7 Å². The molecule has 2 aliphatic rings. The van der Waals surface area contributed by atoms with E-state index >= 15 is 0 Å². The Morgan fingerprint density at radius 1 is 1.16 bits per heavy atom. The van der Waals surface area contributed by atoms with Gasteiger partial charge in [-0.2, -0.15) is 0 Å². The Morgan fingerprint density at radius 2 is 1.89 bits per heavy atom. The van der Waals surface area contributed by atoms with E-state index in [1.165, 1.54) is 17.6 Å². The molecule has 1 aromatic carbocycles. The predicted octanol–water partition coefficient (Wildman–Crippen LogP) is 4.49. The van der Waals surface area contributed by atoms with Gasteiger partial charge in [0.25, 0.3) is 5.56 Å². The summed E-state index contributed by atoms with van der Waals surface area (Å²) in [6.07, 6.45) is 5.57. The number of carbonyl (C=O) groups excluding carboxylic acids is 1. The summed E-state index contributed by atoms with van der Waals surface area (Å²) < 4.78 is 26.3. The highest BCUT2D eigenvalue weighted by atomic mass is 32.1. The SMILES string of the molecule is COc1ccccc1[C@H](Cn1c(=O)n(C(C)(C)C(=O)N2CCCC2)c(=O)c2c(C)c(-c3ncco3)sc21)OC1CCOCC1. The first kappa shape index (κ1) is 30.3. The fourth-order valence-electron chi connectivity index (χ4n) is 6.30. The third-order valence-corrected chi connectivity index (χ3v) is 9.98. The van der Waals surface area contributed by atoms with Gasteiger partial charge in [-0.15, -0.1) is 11.3 Å². The van der Waals surface area contributed by atoms with Crippen molar-refractivity contribution < 1.29 is 23.4 Å². The van der Waals surface area contributed by atoms with E-state index in [-0.39, 0.29) is 18.6 Å². The number of aryl methyl sites for hydroxylation is 1. The van der Waals surface area contributed by atoms with Crippen LogP contribution in [0.3, 0.4) is 0 Å². The van der Waals surface area contributed by atoms with Gasteiger partial charge in [-0.1, -0.05) is 18.2 Å². The number of ether oxygens (including phenoxy) is 3. The Hall–Kier alpha value is -3.74. The lowest BCUT2D eigenvalue weighted by atomic mass is 10.0. The van der Waals surface area contributed by atoms with E-state index in [9.17, 15) is 14.4 Å². The van der Waals surface area contributed by atoms with Gasteiger partial charge in [-0.25, -0.2) is 14.3 Å². The van der Waals surface area contributed by atoms with Crippen LogP contribution in [0.25, 0.3) is 21.0 Å². The van der Waals surface area contributed by atoms with Gasteiger partial charge in [0.15, 0.2) is 0 Å². The average Bonchev–Trinajstić information content (AvgIpc) is 3.81. The molecule has 5 heterocycles. The van der Waals surface area contributed by atoms with Crippen molar-refractivity contribution in [1.29, 1.82) is 0 Å². The molecule has 2 fully saturated rings. The highest BCUT2D eigenvalue weighted by Crippen LogP contribution is 2.38. The normalized spacial score (nSPS) is 17.0. The number of thiophene rings is 1. The van der Waals surface area contributed by atoms with Crippen molar-refractivity contribution in [2.24, 2.45) is 0 Å². The van der Waals surface area contributed by atoms with E-state index < -0.39 is 22.9 Å². The number of rotatable bonds is 9. The minimum Gasteiger partial charge on any atom is -0.496 e. The topological polar surface area (TPSA) is 118 Å². The molecule has 44 heavy (non-hydrogen) atoms. The number of carbonyl (C=O) groups is 1. The minimum absolute atomic E-state index is 0.0862. The summed E-state index contributed by atoms with van der Waals surface area (Å²) >= 11 is 1.27. The Kier molecular flexibility index (Phi) is 8.49. The summed E-state index contributed by atoms with van der Waals surface area (Å²) in [6.45, 7) is 7.61. The maximum Gasteiger partial charge on any atom is 0.333 e. The second-order valence-corrected chi connectivity index (χ2v) is 12.8. The van der Waals surface area contributed by atoms with Gasteiger partial charge >= 0.3 is 5.69 Å². The molecule has 234 valence electrons. The van der Waals surface area contributed by atoms with Gasteiger partial charge in [0, 0.05) is 31.9 Å². The van der Waals surface area contributed by atoms with Gasteiger partial charge in [-0.05, 0) is 58.1 Å². The van der Waals surface area contributed by atoms with Crippen LogP contribution in [0, 0.1) is 6.92 Å². The second kappa shape index (κ2) is 12.3. The third kappa shape index (κ3) is 5.39. The number of benzene rings is 1. The fraction of sp³-hybridized carbons (Fsp3) is 0.500. The number of nitrogens with zero attached hydrogens (tertiary/aromatic N) is 4. The summed E-state index contributed by atoms with van der Waals surface area (Å²) in [4.78, 5) is 49.9. The summed E-state index contributed by atoms with van der Waals surface area (Å²) in [5.41, 5.74) is -1.08. The molecule has 0 unspecified atom stereocenters. The number of hydrogen-bond donors (Lipinski definition) is 0. The van der Waals surface area contributed by atoms with Crippen molar-refractivity contribution in [2.45, 2.75) is 70.7 Å². The van der Waals surface area contributed by atoms with Crippen LogP contribution in [0.5, 0.6) is 5.75 Å². The van der Waals surface area contributed by atoms with Crippen molar-refractivity contribution in [3.05, 3.63) is 68.7 Å². The molecule has 4 aromatic rings. The molecule has 0 N–H and O–H groups in total. The standard InChI is InChI=1S/C32H38N4O7S/c1-20-25-28(37)36(32(2,3)30(38)34-14-7-8-15-34)31(39)35(29(25)44-26(20)27-33-13-18-42-27)19-24(43-21-11-16-41-17-12-21)22-9-5-6-10-23(22)40-4/h5-6,9-10,13,18,21,24H,7-8,11-12,14-17,19H2,1-4H3/t24-/m0/s1. The van der Waals surface area contributed by atoms with E-state index in [4.69, 9.17) is 18.6 Å². The molecule has 1 atom stereocenters. The van der Waals surface area contributed by atoms with Crippen molar-refractivity contribution in [3.63, 3.8) is 0 Å². The molecular weight excluding hydrogens is 584 g/mol. The molecule has 2 aliphatic heterocycles. The monoisotopic (exact) mass is 622 g/mol. The summed E-state index contributed by atoms with van der Waals surface area (Å²) in [5.74, 6) is 0.746. The van der Waals surface area contributed by atoms with Crippen LogP contribution in [-0.2, 0) is 26.4 Å². The van der Waals surface area contributed by atoms with Gasteiger partial charge in [0.2, 0.25) is 11.8 Å². The van der Waals surface area contributed by atoms with Crippen LogP contribution >= 0.6 is 11.3 Å². The summed E-state index contributed by atoms with van der Waals surface area (Å²) in [6, 6.07) is 7.59. The molecule has 0 saturated carbocycles. The Balaban J connectivity index is 1.56. The first-order valence-electron chi connectivity index (χ1n) is 15.1. The van der Waals surface area contributed by atoms with E-state index in [2.05, 4.69) is 4.98 Å². The van der Waals surface area contributed by atoms with Crippen molar-refractivity contribution >= 4 is 27.5 Å². The number of fused-ring (bicyclic) bond motifs is 1. The van der Waals surface area contributed by atoms with E-state index in [1.54, 1.807) is 36.6 Å².